The molecule has 0 spiro atoms. The predicted molar refractivity (Wildman–Crippen MR) is 90.5 cm³/mol. The summed E-state index contributed by atoms with van der Waals surface area (Å²) in [6.45, 7) is 4.19. The summed E-state index contributed by atoms with van der Waals surface area (Å²) >= 11 is 0. The van der Waals surface area contributed by atoms with Crippen LogP contribution in [0.2, 0.25) is 0 Å². The molecule has 0 radical (unpaired) electrons. The van der Waals surface area contributed by atoms with Crippen LogP contribution in [0.4, 0.5) is 25.2 Å². The van der Waals surface area contributed by atoms with Crippen molar-refractivity contribution in [1.29, 1.82) is 0 Å². The van der Waals surface area contributed by atoms with Gasteiger partial charge in [0.05, 0.1) is 26.2 Å². The monoisotopic (exact) mass is 432 g/mol. The summed E-state index contributed by atoms with van der Waals surface area (Å²) in [6, 6.07) is 4.65. The number of hydrogen-bond acceptors (Lipinski definition) is 4. The summed E-state index contributed by atoms with van der Waals surface area (Å²) in [5, 5.41) is 8.19. The van der Waals surface area contributed by atoms with Crippen molar-refractivity contribution in [3.05, 3.63) is 18.3 Å². The molecule has 2 fully saturated rings. The third kappa shape index (κ3) is 6.47. The Labute approximate surface area is 155 Å². The van der Waals surface area contributed by atoms with Gasteiger partial charge in [-0.2, -0.15) is 0 Å². The molecule has 7 nitrogen and oxygen atoms in total. The van der Waals surface area contributed by atoms with Gasteiger partial charge in [0.2, 0.25) is 5.65 Å². The molecule has 2 aromatic heterocycles. The van der Waals surface area contributed by atoms with Crippen LogP contribution in [0.3, 0.4) is 0 Å². The molecule has 2 aromatic rings. The Morgan fingerprint density at radius 3 is 2.21 bits per heavy atom. The average Bonchev–Trinajstić information content (AvgIpc) is 3.31. The molecule has 0 bridgehead atoms. The molecule has 158 valence electrons. The quantitative estimate of drug-likeness (QED) is 0.296. The minimum atomic E-state index is -10.7. The van der Waals surface area contributed by atoms with E-state index < -0.39 is 7.81 Å². The van der Waals surface area contributed by atoms with Crippen LogP contribution in [0.25, 0.3) is 11.2 Å². The Morgan fingerprint density at radius 2 is 1.61 bits per heavy atom. The second kappa shape index (κ2) is 6.71. The fraction of sp³-hybridized carbons (Fsp3) is 0.571. The number of pyridine rings is 1. The number of aromatic nitrogens is 4. The van der Waals surface area contributed by atoms with Gasteiger partial charge in [-0.25, -0.2) is 14.5 Å². The maximum Gasteiger partial charge on any atom is 0.472 e. The van der Waals surface area contributed by atoms with Gasteiger partial charge in [-0.3, -0.25) is 4.84 Å². The number of amidine groups is 1. The molecule has 0 aromatic carbocycles. The van der Waals surface area contributed by atoms with E-state index in [1.165, 1.54) is 30.5 Å². The third-order valence-electron chi connectivity index (χ3n) is 4.10. The first-order valence-corrected chi connectivity index (χ1v) is 10.7. The molecule has 0 aliphatic carbocycles. The van der Waals surface area contributed by atoms with E-state index in [9.17, 15) is 25.2 Å². The smallest absolute Gasteiger partial charge is 0.277 e. The van der Waals surface area contributed by atoms with E-state index in [1.54, 1.807) is 6.20 Å². The molecule has 4 heterocycles. The van der Waals surface area contributed by atoms with E-state index in [2.05, 4.69) is 24.8 Å². The van der Waals surface area contributed by atoms with Crippen molar-refractivity contribution in [2.75, 3.05) is 26.2 Å². The Hall–Kier alpha value is -2.17. The van der Waals surface area contributed by atoms with Gasteiger partial charge in [-0.15, -0.1) is 5.10 Å². The summed E-state index contributed by atoms with van der Waals surface area (Å²) in [5.41, 5.74) is 1.41. The fourth-order valence-corrected chi connectivity index (χ4v) is 3.02. The zero-order valence-electron chi connectivity index (χ0n) is 14.7. The Kier molecular flexibility index (Phi) is 4.93. The minimum absolute atomic E-state index is 0.661. The summed E-state index contributed by atoms with van der Waals surface area (Å²) in [6.07, 6.45) is 6.61. The number of halogens is 6. The van der Waals surface area contributed by atoms with Crippen LogP contribution in [-0.4, -0.2) is 61.8 Å². The topological polar surface area (TPSA) is 59.1 Å². The maximum atomic E-state index is 9.87. The van der Waals surface area contributed by atoms with Crippen LogP contribution in [0.15, 0.2) is 18.3 Å². The third-order valence-corrected chi connectivity index (χ3v) is 4.10. The molecule has 0 saturated carbocycles. The van der Waals surface area contributed by atoms with E-state index >= 15 is 0 Å². The number of fused-ring (bicyclic) bond motifs is 1. The summed E-state index contributed by atoms with van der Waals surface area (Å²) < 4.78 is 61.5. The predicted octanol–water partition coefficient (Wildman–Crippen LogP) is 3.90. The SMILES string of the molecule is F[P-](F)(F)(F)(F)F.c1cnc2c(c1)nnn2OC(N1CCCC1)=[N+]1CCCC1. The fourth-order valence-electron chi connectivity index (χ4n) is 3.02. The average molecular weight is 432 g/mol. The van der Waals surface area contributed by atoms with Crippen LogP contribution in [0.1, 0.15) is 25.7 Å². The molecular formula is C14H19F6N6OP. The van der Waals surface area contributed by atoms with Crippen molar-refractivity contribution in [3.8, 4) is 0 Å². The summed E-state index contributed by atoms with van der Waals surface area (Å²) in [5.74, 6) is 0. The van der Waals surface area contributed by atoms with E-state index in [4.69, 9.17) is 4.84 Å². The van der Waals surface area contributed by atoms with Gasteiger partial charge in [0, 0.05) is 6.20 Å². The van der Waals surface area contributed by atoms with E-state index in [1.807, 2.05) is 12.1 Å². The van der Waals surface area contributed by atoms with Crippen molar-refractivity contribution in [2.24, 2.45) is 0 Å². The van der Waals surface area contributed by atoms with Crippen molar-refractivity contribution >= 4 is 25.0 Å². The zero-order chi connectivity index (χ0) is 20.5. The Balaban J connectivity index is 0.000000279. The molecule has 14 heteroatoms. The zero-order valence-corrected chi connectivity index (χ0v) is 15.6. The maximum absolute atomic E-state index is 10.7. The van der Waals surface area contributed by atoms with E-state index in [0.29, 0.717) is 5.65 Å². The molecule has 0 unspecified atom stereocenters. The summed E-state index contributed by atoms with van der Waals surface area (Å²) in [4.78, 5) is 14.1. The van der Waals surface area contributed by atoms with Crippen LogP contribution in [0.5, 0.6) is 0 Å². The molecule has 0 N–H and O–H groups in total. The van der Waals surface area contributed by atoms with Crippen molar-refractivity contribution in [1.82, 2.24) is 25.0 Å². The standard InChI is InChI=1S/C14H19N6O.F6P/c1-2-9-18(8-1)14(19-10-3-4-11-19)21-20-13-12(16-17-20)6-5-7-15-13;1-7(2,3,4,5)6/h5-7H,1-4,8-11H2;/q+1;-1. The Morgan fingerprint density at radius 1 is 1.00 bits per heavy atom. The second-order valence-corrected chi connectivity index (χ2v) is 8.45. The van der Waals surface area contributed by atoms with Gasteiger partial charge in [-0.05, 0) is 47.9 Å². The molecule has 0 amide bonds. The van der Waals surface area contributed by atoms with Crippen LogP contribution in [0, 0.1) is 0 Å². The van der Waals surface area contributed by atoms with Gasteiger partial charge in [0.1, 0.15) is 5.52 Å². The molecule has 2 aliphatic rings. The van der Waals surface area contributed by atoms with Crippen molar-refractivity contribution in [2.45, 2.75) is 25.7 Å². The molecule has 2 saturated heterocycles. The van der Waals surface area contributed by atoms with E-state index in [-0.39, 0.29) is 0 Å². The number of nitrogens with zero attached hydrogens (tertiary/aromatic N) is 6. The molecule has 4 rings (SSSR count). The number of hydrogen-bond donors (Lipinski definition) is 0. The van der Waals surface area contributed by atoms with Crippen LogP contribution in [-0.2, 0) is 0 Å². The van der Waals surface area contributed by atoms with Gasteiger partial charge >= 0.3 is 39.0 Å². The van der Waals surface area contributed by atoms with Crippen molar-refractivity contribution in [3.63, 3.8) is 0 Å². The second-order valence-electron chi connectivity index (χ2n) is 6.53. The molecule has 28 heavy (non-hydrogen) atoms. The molecule has 2 aliphatic heterocycles. The van der Waals surface area contributed by atoms with Crippen LogP contribution >= 0.6 is 7.81 Å². The first-order chi connectivity index (χ1) is 12.9. The van der Waals surface area contributed by atoms with Gasteiger partial charge in [-0.1, -0.05) is 0 Å². The summed E-state index contributed by atoms with van der Waals surface area (Å²) in [7, 11) is -10.7. The van der Waals surface area contributed by atoms with Gasteiger partial charge < -0.3 is 0 Å². The Bertz CT molecular complexity index is 858. The van der Waals surface area contributed by atoms with Crippen molar-refractivity contribution < 1.29 is 34.6 Å². The van der Waals surface area contributed by atoms with Crippen LogP contribution < -0.4 is 4.84 Å². The first kappa shape index (κ1) is 20.6. The molecule has 0 atom stereocenters. The van der Waals surface area contributed by atoms with E-state index in [0.717, 1.165) is 37.7 Å². The normalized spacial score (nSPS) is 19.8. The van der Waals surface area contributed by atoms with Gasteiger partial charge in [0.15, 0.2) is 0 Å². The number of rotatable bonds is 1. The number of likely N-dealkylation sites (tertiary alicyclic amines) is 1. The molecular weight excluding hydrogens is 413 g/mol. The minimum Gasteiger partial charge on any atom is -0.277 e. The first-order valence-electron chi connectivity index (χ1n) is 8.65. The largest absolute Gasteiger partial charge is 0.472 e. The van der Waals surface area contributed by atoms with Gasteiger partial charge in [0.25, 0.3) is 0 Å².